The third-order valence-electron chi connectivity index (χ3n) is 4.05. The molecule has 0 aromatic heterocycles. The maximum Gasteiger partial charge on any atom is 0.163 e. The molecule has 2 atom stereocenters. The van der Waals surface area contributed by atoms with Gasteiger partial charge in [-0.2, -0.15) is 0 Å². The van der Waals surface area contributed by atoms with Crippen LogP contribution in [0.15, 0.2) is 30.3 Å². The van der Waals surface area contributed by atoms with Crippen molar-refractivity contribution in [3.63, 3.8) is 0 Å². The largest absolute Gasteiger partial charge is 0.374 e. The zero-order valence-electron chi connectivity index (χ0n) is 14.8. The molecule has 128 valence electrons. The van der Waals surface area contributed by atoms with E-state index in [2.05, 4.69) is 0 Å². The number of carbonyl (C=O) groups excluding carboxylic acids is 1. The monoisotopic (exact) mass is 320 g/mol. The summed E-state index contributed by atoms with van der Waals surface area (Å²) in [6.07, 6.45) is 0.118. The van der Waals surface area contributed by atoms with Crippen molar-refractivity contribution in [3.05, 3.63) is 35.9 Å². The lowest BCUT2D eigenvalue weighted by Gasteiger charge is -2.33. The third kappa shape index (κ3) is 5.13. The fourth-order valence-corrected chi connectivity index (χ4v) is 3.23. The predicted octanol–water partition coefficient (Wildman–Crippen LogP) is 3.73. The molecule has 0 N–H and O–H groups in total. The van der Waals surface area contributed by atoms with E-state index in [1.807, 2.05) is 58.0 Å². The van der Waals surface area contributed by atoms with E-state index in [0.717, 1.165) is 5.56 Å². The summed E-state index contributed by atoms with van der Waals surface area (Å²) in [6, 6.07) is 10.0. The van der Waals surface area contributed by atoms with Gasteiger partial charge >= 0.3 is 0 Å². The lowest BCUT2D eigenvalue weighted by molar-refractivity contribution is -0.159. The molecule has 1 aliphatic rings. The van der Waals surface area contributed by atoms with Crippen LogP contribution in [0.4, 0.5) is 0 Å². The van der Waals surface area contributed by atoms with Crippen LogP contribution in [0, 0.1) is 5.41 Å². The van der Waals surface area contributed by atoms with Crippen LogP contribution < -0.4 is 0 Å². The fraction of sp³-hybridized carbons (Fsp3) is 0.632. The minimum absolute atomic E-state index is 0.160. The topological polar surface area (TPSA) is 44.8 Å². The van der Waals surface area contributed by atoms with Crippen molar-refractivity contribution in [2.24, 2.45) is 5.41 Å². The second kappa shape index (κ2) is 7.12. The zero-order chi connectivity index (χ0) is 17.1. The summed E-state index contributed by atoms with van der Waals surface area (Å²) < 4.78 is 17.9. The predicted molar refractivity (Wildman–Crippen MR) is 89.0 cm³/mol. The Balaban J connectivity index is 1.98. The van der Waals surface area contributed by atoms with Gasteiger partial charge in [0.05, 0.1) is 19.3 Å². The van der Waals surface area contributed by atoms with Gasteiger partial charge in [-0.05, 0) is 26.3 Å². The second-order valence-corrected chi connectivity index (χ2v) is 7.46. The first kappa shape index (κ1) is 18.1. The van der Waals surface area contributed by atoms with E-state index in [9.17, 15) is 4.79 Å². The molecule has 0 radical (unpaired) electrons. The first-order valence-corrected chi connectivity index (χ1v) is 8.16. The lowest BCUT2D eigenvalue weighted by atomic mass is 9.79. The summed E-state index contributed by atoms with van der Waals surface area (Å²) in [5, 5.41) is 0. The van der Waals surface area contributed by atoms with E-state index >= 15 is 0 Å². The molecule has 0 unspecified atom stereocenters. The van der Waals surface area contributed by atoms with Gasteiger partial charge in [0.1, 0.15) is 11.9 Å². The number of hydrogen-bond donors (Lipinski definition) is 0. The van der Waals surface area contributed by atoms with Crippen LogP contribution in [0.2, 0.25) is 0 Å². The van der Waals surface area contributed by atoms with E-state index < -0.39 is 5.79 Å². The highest BCUT2D eigenvalue weighted by molar-refractivity contribution is 5.76. The van der Waals surface area contributed by atoms with Crippen LogP contribution in [-0.2, 0) is 25.6 Å². The number of Topliss-reactive ketones (excluding diaryl/α,β-unsaturated/α-hetero) is 1. The Kier molecular flexibility index (Phi) is 5.61. The molecule has 0 aliphatic carbocycles. The molecule has 1 heterocycles. The lowest BCUT2D eigenvalue weighted by Crippen LogP contribution is -2.41. The molecule has 1 fully saturated rings. The van der Waals surface area contributed by atoms with Gasteiger partial charge in [0.2, 0.25) is 0 Å². The number of ketones is 1. The van der Waals surface area contributed by atoms with E-state index in [-0.39, 0.29) is 23.4 Å². The maximum absolute atomic E-state index is 11.6. The quantitative estimate of drug-likeness (QED) is 0.768. The van der Waals surface area contributed by atoms with Crippen molar-refractivity contribution < 1.29 is 19.0 Å². The third-order valence-corrected chi connectivity index (χ3v) is 4.05. The number of carbonyl (C=O) groups is 1. The van der Waals surface area contributed by atoms with E-state index in [0.29, 0.717) is 19.6 Å². The Morgan fingerprint density at radius 3 is 2.48 bits per heavy atom. The Morgan fingerprint density at radius 2 is 1.87 bits per heavy atom. The Morgan fingerprint density at radius 1 is 1.22 bits per heavy atom. The second-order valence-electron chi connectivity index (χ2n) is 7.46. The molecule has 1 saturated heterocycles. The summed E-state index contributed by atoms with van der Waals surface area (Å²) in [6.45, 7) is 10.5. The molecule has 4 heteroatoms. The van der Waals surface area contributed by atoms with Gasteiger partial charge in [0, 0.05) is 11.8 Å². The van der Waals surface area contributed by atoms with Crippen LogP contribution in [0.3, 0.4) is 0 Å². The Bertz CT molecular complexity index is 521. The molecular formula is C19H28O4. The fourth-order valence-electron chi connectivity index (χ4n) is 3.23. The first-order valence-electron chi connectivity index (χ1n) is 8.16. The van der Waals surface area contributed by atoms with Crippen LogP contribution in [-0.4, -0.2) is 30.4 Å². The summed E-state index contributed by atoms with van der Waals surface area (Å²) in [7, 11) is 0. The maximum atomic E-state index is 11.6. The highest BCUT2D eigenvalue weighted by Gasteiger charge is 2.48. The number of benzene rings is 1. The van der Waals surface area contributed by atoms with E-state index in [1.165, 1.54) is 0 Å². The van der Waals surface area contributed by atoms with Crippen LogP contribution in [0.25, 0.3) is 0 Å². The normalized spacial score (nSPS) is 23.9. The number of rotatable bonds is 7. The van der Waals surface area contributed by atoms with Crippen LogP contribution >= 0.6 is 0 Å². The molecule has 0 bridgehead atoms. The van der Waals surface area contributed by atoms with E-state index in [1.54, 1.807) is 6.92 Å². The van der Waals surface area contributed by atoms with Gasteiger partial charge in [0.15, 0.2) is 5.79 Å². The summed E-state index contributed by atoms with van der Waals surface area (Å²) >= 11 is 0. The summed E-state index contributed by atoms with van der Waals surface area (Å²) in [4.78, 5) is 11.6. The molecular weight excluding hydrogens is 292 g/mol. The molecule has 1 aromatic rings. The van der Waals surface area contributed by atoms with Gasteiger partial charge in [-0.1, -0.05) is 44.2 Å². The number of hydrogen-bond acceptors (Lipinski definition) is 4. The standard InChI is InChI=1S/C19H28O4/c1-14(20)11-18(2,3)17-16(22-19(4,5)23-17)13-21-12-15-9-7-6-8-10-15/h6-10,16-17H,11-13H2,1-5H3/t16-,17+/m1/s1. The van der Waals surface area contributed by atoms with Gasteiger partial charge in [-0.15, -0.1) is 0 Å². The summed E-state index contributed by atoms with van der Waals surface area (Å²) in [5.41, 5.74) is 0.839. The molecule has 0 amide bonds. The van der Waals surface area contributed by atoms with Gasteiger partial charge in [-0.3, -0.25) is 0 Å². The smallest absolute Gasteiger partial charge is 0.163 e. The first-order chi connectivity index (χ1) is 10.7. The van der Waals surface area contributed by atoms with Crippen LogP contribution in [0.1, 0.15) is 46.6 Å². The zero-order valence-corrected chi connectivity index (χ0v) is 14.8. The molecule has 2 rings (SSSR count). The van der Waals surface area contributed by atoms with Gasteiger partial charge in [-0.25, -0.2) is 0 Å². The molecule has 1 aliphatic heterocycles. The van der Waals surface area contributed by atoms with Crippen molar-refractivity contribution in [2.75, 3.05) is 6.61 Å². The van der Waals surface area contributed by atoms with Crippen LogP contribution in [0.5, 0.6) is 0 Å². The van der Waals surface area contributed by atoms with Crippen molar-refractivity contribution in [3.8, 4) is 0 Å². The van der Waals surface area contributed by atoms with Crippen molar-refractivity contribution in [1.29, 1.82) is 0 Å². The van der Waals surface area contributed by atoms with Gasteiger partial charge < -0.3 is 19.0 Å². The minimum atomic E-state index is -0.653. The average Bonchev–Trinajstić information content (AvgIpc) is 2.75. The molecule has 1 aromatic carbocycles. The molecule has 23 heavy (non-hydrogen) atoms. The molecule has 4 nitrogen and oxygen atoms in total. The molecule has 0 spiro atoms. The van der Waals surface area contributed by atoms with Gasteiger partial charge in [0.25, 0.3) is 0 Å². The van der Waals surface area contributed by atoms with E-state index in [4.69, 9.17) is 14.2 Å². The Labute approximate surface area is 139 Å². The highest BCUT2D eigenvalue weighted by Crippen LogP contribution is 2.40. The molecule has 0 saturated carbocycles. The van der Waals surface area contributed by atoms with Crippen molar-refractivity contribution in [2.45, 2.75) is 65.6 Å². The SMILES string of the molecule is CC(=O)CC(C)(C)[C@H]1OC(C)(C)O[C@@H]1COCc1ccccc1. The van der Waals surface area contributed by atoms with Crippen molar-refractivity contribution >= 4 is 5.78 Å². The van der Waals surface area contributed by atoms with Crippen molar-refractivity contribution in [1.82, 2.24) is 0 Å². The highest BCUT2D eigenvalue weighted by atomic mass is 16.8. The summed E-state index contributed by atoms with van der Waals surface area (Å²) in [5.74, 6) is -0.494. The number of ether oxygens (including phenoxy) is 3. The Hall–Kier alpha value is -1.23. The minimum Gasteiger partial charge on any atom is -0.374 e. The average molecular weight is 320 g/mol.